The van der Waals surface area contributed by atoms with Crippen molar-refractivity contribution in [2.45, 2.75) is 45.6 Å². The standard InChI is InChI=1S/C17H23NO3/c1-11(2)16(17(20)21-3)18-15(19)10-12-7-8-13-5-4-6-14(13)9-12/h7-9,11,16H,4-6,10H2,1-3H3,(H,18,19)/t16-/m0/s1. The molecule has 2 rings (SSSR count). The van der Waals surface area contributed by atoms with Gasteiger partial charge in [-0.05, 0) is 41.9 Å². The molecule has 0 saturated carbocycles. The SMILES string of the molecule is COC(=O)[C@@H](NC(=O)Cc1ccc2c(c1)CCC2)C(C)C. The first-order valence-corrected chi connectivity index (χ1v) is 7.49. The van der Waals surface area contributed by atoms with Gasteiger partial charge in [-0.25, -0.2) is 4.79 Å². The molecule has 0 radical (unpaired) electrons. The highest BCUT2D eigenvalue weighted by atomic mass is 16.5. The average molecular weight is 289 g/mol. The number of carbonyl (C=O) groups is 2. The van der Waals surface area contributed by atoms with Crippen molar-refractivity contribution in [2.75, 3.05) is 7.11 Å². The van der Waals surface area contributed by atoms with E-state index in [0.29, 0.717) is 6.42 Å². The number of esters is 1. The molecule has 1 amide bonds. The van der Waals surface area contributed by atoms with E-state index in [0.717, 1.165) is 18.4 Å². The third kappa shape index (κ3) is 3.84. The minimum Gasteiger partial charge on any atom is -0.467 e. The molecule has 1 N–H and O–H groups in total. The highest BCUT2D eigenvalue weighted by Crippen LogP contribution is 2.23. The quantitative estimate of drug-likeness (QED) is 0.844. The molecular weight excluding hydrogens is 266 g/mol. The molecule has 1 aliphatic rings. The molecule has 1 atom stereocenters. The number of nitrogens with one attached hydrogen (secondary N) is 1. The summed E-state index contributed by atoms with van der Waals surface area (Å²) in [5.74, 6) is -0.536. The molecule has 0 spiro atoms. The molecule has 0 heterocycles. The van der Waals surface area contributed by atoms with Crippen LogP contribution in [0.1, 0.15) is 37.0 Å². The first kappa shape index (κ1) is 15.5. The van der Waals surface area contributed by atoms with E-state index in [1.807, 2.05) is 19.9 Å². The van der Waals surface area contributed by atoms with E-state index in [1.54, 1.807) is 0 Å². The van der Waals surface area contributed by atoms with Crippen LogP contribution in [0.3, 0.4) is 0 Å². The summed E-state index contributed by atoms with van der Waals surface area (Å²) >= 11 is 0. The Bertz CT molecular complexity index is 537. The molecular formula is C17H23NO3. The van der Waals surface area contributed by atoms with Crippen molar-refractivity contribution in [1.29, 1.82) is 0 Å². The fourth-order valence-corrected chi connectivity index (χ4v) is 2.77. The molecule has 0 aromatic heterocycles. The second kappa shape index (κ2) is 6.74. The smallest absolute Gasteiger partial charge is 0.328 e. The van der Waals surface area contributed by atoms with Gasteiger partial charge in [-0.15, -0.1) is 0 Å². The van der Waals surface area contributed by atoms with Crippen LogP contribution in [0.5, 0.6) is 0 Å². The third-order valence-electron chi connectivity index (χ3n) is 3.97. The van der Waals surface area contributed by atoms with Gasteiger partial charge in [0.25, 0.3) is 0 Å². The molecule has 0 aliphatic heterocycles. The summed E-state index contributed by atoms with van der Waals surface area (Å²) in [5.41, 5.74) is 3.75. The van der Waals surface area contributed by atoms with Crippen molar-refractivity contribution in [1.82, 2.24) is 5.32 Å². The maximum Gasteiger partial charge on any atom is 0.328 e. The topological polar surface area (TPSA) is 55.4 Å². The number of benzene rings is 1. The van der Waals surface area contributed by atoms with E-state index in [9.17, 15) is 9.59 Å². The first-order chi connectivity index (χ1) is 10.0. The van der Waals surface area contributed by atoms with Gasteiger partial charge in [0.1, 0.15) is 6.04 Å². The van der Waals surface area contributed by atoms with Gasteiger partial charge in [-0.2, -0.15) is 0 Å². The summed E-state index contributed by atoms with van der Waals surface area (Å²) in [7, 11) is 1.34. The van der Waals surface area contributed by atoms with Gasteiger partial charge in [0.15, 0.2) is 0 Å². The zero-order chi connectivity index (χ0) is 15.4. The van der Waals surface area contributed by atoms with E-state index in [2.05, 4.69) is 17.4 Å². The Balaban J connectivity index is 1.99. The number of methoxy groups -OCH3 is 1. The molecule has 1 aliphatic carbocycles. The van der Waals surface area contributed by atoms with Crippen LogP contribution in [-0.2, 0) is 33.6 Å². The van der Waals surface area contributed by atoms with Gasteiger partial charge >= 0.3 is 5.97 Å². The lowest BCUT2D eigenvalue weighted by molar-refractivity contribution is -0.146. The minimum atomic E-state index is -0.586. The number of hydrogen-bond donors (Lipinski definition) is 1. The number of carbonyl (C=O) groups excluding carboxylic acids is 2. The molecule has 1 aromatic carbocycles. The lowest BCUT2D eigenvalue weighted by atomic mass is 10.0. The van der Waals surface area contributed by atoms with Crippen molar-refractivity contribution in [3.63, 3.8) is 0 Å². The predicted molar refractivity (Wildman–Crippen MR) is 81.0 cm³/mol. The Morgan fingerprint density at radius 3 is 2.62 bits per heavy atom. The van der Waals surface area contributed by atoms with Gasteiger partial charge in [-0.3, -0.25) is 4.79 Å². The Morgan fingerprint density at radius 1 is 1.24 bits per heavy atom. The highest BCUT2D eigenvalue weighted by molar-refractivity contribution is 5.85. The maximum atomic E-state index is 12.1. The average Bonchev–Trinajstić information content (AvgIpc) is 2.91. The lowest BCUT2D eigenvalue weighted by Gasteiger charge is -2.19. The maximum absolute atomic E-state index is 12.1. The Hall–Kier alpha value is -1.84. The van der Waals surface area contributed by atoms with Crippen LogP contribution in [-0.4, -0.2) is 25.0 Å². The second-order valence-corrected chi connectivity index (χ2v) is 5.95. The number of ether oxygens (including phenoxy) is 1. The molecule has 4 nitrogen and oxygen atoms in total. The first-order valence-electron chi connectivity index (χ1n) is 7.49. The summed E-state index contributed by atoms with van der Waals surface area (Å²) in [6.45, 7) is 3.77. The zero-order valence-electron chi connectivity index (χ0n) is 12.9. The van der Waals surface area contributed by atoms with Crippen molar-refractivity contribution in [2.24, 2.45) is 5.92 Å². The highest BCUT2D eigenvalue weighted by Gasteiger charge is 2.24. The monoisotopic (exact) mass is 289 g/mol. The number of amides is 1. The fourth-order valence-electron chi connectivity index (χ4n) is 2.77. The Labute approximate surface area is 125 Å². The fraction of sp³-hybridized carbons (Fsp3) is 0.529. The van der Waals surface area contributed by atoms with Gasteiger partial charge in [0.2, 0.25) is 5.91 Å². The van der Waals surface area contributed by atoms with Crippen molar-refractivity contribution < 1.29 is 14.3 Å². The normalized spacial score (nSPS) is 14.7. The van der Waals surface area contributed by atoms with Crippen molar-refractivity contribution in [3.8, 4) is 0 Å². The van der Waals surface area contributed by atoms with E-state index in [4.69, 9.17) is 4.74 Å². The molecule has 0 saturated heterocycles. The van der Waals surface area contributed by atoms with Gasteiger partial charge in [-0.1, -0.05) is 32.0 Å². The largest absolute Gasteiger partial charge is 0.467 e. The van der Waals surface area contributed by atoms with E-state index < -0.39 is 12.0 Å². The van der Waals surface area contributed by atoms with Crippen LogP contribution >= 0.6 is 0 Å². The number of fused-ring (bicyclic) bond motifs is 1. The summed E-state index contributed by atoms with van der Waals surface area (Å²) < 4.78 is 4.73. The van der Waals surface area contributed by atoms with Gasteiger partial charge in [0, 0.05) is 0 Å². The minimum absolute atomic E-state index is 0.00132. The van der Waals surface area contributed by atoms with Crippen LogP contribution in [0.4, 0.5) is 0 Å². The van der Waals surface area contributed by atoms with Crippen LogP contribution < -0.4 is 5.32 Å². The summed E-state index contributed by atoms with van der Waals surface area (Å²) in [6, 6.07) is 5.65. The number of rotatable bonds is 5. The lowest BCUT2D eigenvalue weighted by Crippen LogP contribution is -2.45. The molecule has 0 fully saturated rings. The Morgan fingerprint density at radius 2 is 1.95 bits per heavy atom. The molecule has 0 bridgehead atoms. The van der Waals surface area contributed by atoms with Crippen molar-refractivity contribution >= 4 is 11.9 Å². The third-order valence-corrected chi connectivity index (χ3v) is 3.97. The summed E-state index contributed by atoms with van der Waals surface area (Å²) in [5, 5.41) is 2.77. The molecule has 114 valence electrons. The van der Waals surface area contributed by atoms with E-state index in [-0.39, 0.29) is 11.8 Å². The van der Waals surface area contributed by atoms with Gasteiger partial charge < -0.3 is 10.1 Å². The Kier molecular flexibility index (Phi) is 4.99. The van der Waals surface area contributed by atoms with Crippen LogP contribution in [0.25, 0.3) is 0 Å². The molecule has 0 unspecified atom stereocenters. The van der Waals surface area contributed by atoms with Crippen LogP contribution in [0.2, 0.25) is 0 Å². The predicted octanol–water partition coefficient (Wildman–Crippen LogP) is 2.03. The summed E-state index contributed by atoms with van der Waals surface area (Å²) in [4.78, 5) is 23.8. The zero-order valence-corrected chi connectivity index (χ0v) is 12.9. The van der Waals surface area contributed by atoms with Gasteiger partial charge in [0.05, 0.1) is 13.5 Å². The molecule has 21 heavy (non-hydrogen) atoms. The van der Waals surface area contributed by atoms with Crippen LogP contribution in [0.15, 0.2) is 18.2 Å². The molecule has 1 aromatic rings. The second-order valence-electron chi connectivity index (χ2n) is 5.95. The van der Waals surface area contributed by atoms with Crippen LogP contribution in [0, 0.1) is 5.92 Å². The number of hydrogen-bond acceptors (Lipinski definition) is 3. The summed E-state index contributed by atoms with van der Waals surface area (Å²) in [6.07, 6.45) is 3.73. The molecule has 4 heteroatoms. The van der Waals surface area contributed by atoms with Crippen molar-refractivity contribution in [3.05, 3.63) is 34.9 Å². The number of aryl methyl sites for hydroxylation is 2. The van der Waals surface area contributed by atoms with E-state index >= 15 is 0 Å². The van der Waals surface area contributed by atoms with E-state index in [1.165, 1.54) is 24.7 Å².